The molecule has 1 aliphatic carbocycles. The summed E-state index contributed by atoms with van der Waals surface area (Å²) in [5.41, 5.74) is 4.58. The van der Waals surface area contributed by atoms with E-state index >= 15 is 0 Å². The van der Waals surface area contributed by atoms with Crippen LogP contribution in [0.2, 0.25) is 0 Å². The molecule has 0 bridgehead atoms. The van der Waals surface area contributed by atoms with Crippen molar-refractivity contribution >= 4 is 18.0 Å². The van der Waals surface area contributed by atoms with E-state index in [0.29, 0.717) is 6.42 Å². The van der Waals surface area contributed by atoms with Crippen molar-refractivity contribution in [1.29, 1.82) is 0 Å². The maximum atomic E-state index is 12.6. The van der Waals surface area contributed by atoms with Crippen molar-refractivity contribution in [3.63, 3.8) is 0 Å². The third-order valence-electron chi connectivity index (χ3n) is 6.32. The molecule has 0 aromatic heterocycles. The summed E-state index contributed by atoms with van der Waals surface area (Å²) < 4.78 is 5.61. The number of rotatable bonds is 10. The molecule has 0 saturated heterocycles. The van der Waals surface area contributed by atoms with Crippen molar-refractivity contribution in [2.45, 2.75) is 57.5 Å². The lowest BCUT2D eigenvalue weighted by Gasteiger charge is -2.25. The number of nitrogens with zero attached hydrogens (tertiary/aromatic N) is 1. The summed E-state index contributed by atoms with van der Waals surface area (Å²) in [5.74, 6) is -1.44. The molecule has 2 aromatic carbocycles. The quantitative estimate of drug-likeness (QED) is 0.557. The van der Waals surface area contributed by atoms with Gasteiger partial charge in [0.15, 0.2) is 0 Å². The van der Waals surface area contributed by atoms with Gasteiger partial charge < -0.3 is 20.1 Å². The van der Waals surface area contributed by atoms with Gasteiger partial charge in [0.25, 0.3) is 0 Å². The van der Waals surface area contributed by atoms with Crippen LogP contribution in [0.4, 0.5) is 4.79 Å². The Morgan fingerprint density at radius 1 is 1.06 bits per heavy atom. The van der Waals surface area contributed by atoms with Crippen LogP contribution in [-0.2, 0) is 14.3 Å². The van der Waals surface area contributed by atoms with Crippen molar-refractivity contribution in [2.75, 3.05) is 13.7 Å². The van der Waals surface area contributed by atoms with Gasteiger partial charge in [-0.15, -0.1) is 0 Å². The summed E-state index contributed by atoms with van der Waals surface area (Å²) in [6.07, 6.45) is 1.82. The van der Waals surface area contributed by atoms with Gasteiger partial charge in [-0.1, -0.05) is 68.3 Å². The molecule has 2 N–H and O–H groups in total. The second kappa shape index (κ2) is 11.0. The summed E-state index contributed by atoms with van der Waals surface area (Å²) in [6.45, 7) is 3.69. The second-order valence-electron chi connectivity index (χ2n) is 8.53. The molecule has 0 aliphatic heterocycles. The van der Waals surface area contributed by atoms with Gasteiger partial charge in [0, 0.05) is 25.4 Å². The highest BCUT2D eigenvalue weighted by molar-refractivity contribution is 5.84. The summed E-state index contributed by atoms with van der Waals surface area (Å²) in [6, 6.07) is 14.9. The Morgan fingerprint density at radius 3 is 2.18 bits per heavy atom. The Bertz CT molecular complexity index is 960. The average Bonchev–Trinajstić information content (AvgIpc) is 3.13. The number of carbonyl (C=O) groups is 3. The number of amides is 2. The van der Waals surface area contributed by atoms with Crippen molar-refractivity contribution in [3.8, 4) is 11.1 Å². The highest BCUT2D eigenvalue weighted by Crippen LogP contribution is 2.44. The predicted molar refractivity (Wildman–Crippen MR) is 126 cm³/mol. The SMILES string of the molecule is CCCC[C@H](CC(=O)N(C)C(C)C(=O)O)NC(=O)OCC1c2ccccc2-c2ccccc21. The van der Waals surface area contributed by atoms with Crippen LogP contribution in [0, 0.1) is 0 Å². The van der Waals surface area contributed by atoms with Gasteiger partial charge in [-0.25, -0.2) is 9.59 Å². The Balaban J connectivity index is 1.63. The first-order chi connectivity index (χ1) is 15.8. The smallest absolute Gasteiger partial charge is 0.407 e. The number of likely N-dealkylation sites (N-methyl/N-ethyl adjacent to an activating group) is 1. The highest BCUT2D eigenvalue weighted by Gasteiger charge is 2.30. The van der Waals surface area contributed by atoms with Gasteiger partial charge in [0.2, 0.25) is 5.91 Å². The number of carboxylic acids is 1. The van der Waals surface area contributed by atoms with Gasteiger partial charge in [0.05, 0.1) is 0 Å². The Morgan fingerprint density at radius 2 is 1.64 bits per heavy atom. The number of fused-ring (bicyclic) bond motifs is 3. The van der Waals surface area contributed by atoms with Crippen LogP contribution in [0.3, 0.4) is 0 Å². The molecule has 7 heteroatoms. The molecule has 3 rings (SSSR count). The minimum absolute atomic E-state index is 0.0261. The van der Waals surface area contributed by atoms with Gasteiger partial charge >= 0.3 is 12.1 Å². The highest BCUT2D eigenvalue weighted by atomic mass is 16.5. The molecule has 0 heterocycles. The summed E-state index contributed by atoms with van der Waals surface area (Å²) in [5, 5.41) is 12.0. The number of nitrogens with one attached hydrogen (secondary N) is 1. The molecule has 7 nitrogen and oxygen atoms in total. The first-order valence-electron chi connectivity index (χ1n) is 11.4. The van der Waals surface area contributed by atoms with Crippen LogP contribution in [0.5, 0.6) is 0 Å². The molecule has 2 aromatic rings. The lowest BCUT2D eigenvalue weighted by molar-refractivity contribution is -0.148. The van der Waals surface area contributed by atoms with Crippen molar-refractivity contribution in [3.05, 3.63) is 59.7 Å². The van der Waals surface area contributed by atoms with Gasteiger partial charge in [-0.05, 0) is 35.6 Å². The number of benzene rings is 2. The zero-order valence-electron chi connectivity index (χ0n) is 19.4. The standard InChI is InChI=1S/C26H32N2O5/c1-4-5-10-18(15-24(29)28(3)17(2)25(30)31)27-26(32)33-16-23-21-13-8-6-11-19(21)20-12-7-9-14-22(20)23/h6-9,11-14,17-18,23H,4-5,10,15-16H2,1-3H3,(H,27,32)(H,30,31)/t17?,18-/m1/s1. The molecule has 2 amide bonds. The largest absolute Gasteiger partial charge is 0.480 e. The fourth-order valence-electron chi connectivity index (χ4n) is 4.22. The molecule has 1 aliphatic rings. The van der Waals surface area contributed by atoms with Gasteiger partial charge in [0.1, 0.15) is 12.6 Å². The molecule has 0 spiro atoms. The van der Waals surface area contributed by atoms with E-state index in [-0.39, 0.29) is 24.9 Å². The topological polar surface area (TPSA) is 95.9 Å². The fraction of sp³-hybridized carbons (Fsp3) is 0.423. The molecule has 2 atom stereocenters. The lowest BCUT2D eigenvalue weighted by atomic mass is 9.98. The molecule has 1 unspecified atom stereocenters. The molecule has 33 heavy (non-hydrogen) atoms. The van der Waals surface area contributed by atoms with E-state index in [2.05, 4.69) is 29.6 Å². The molecule has 0 fully saturated rings. The summed E-state index contributed by atoms with van der Waals surface area (Å²) in [7, 11) is 1.46. The molecule has 0 saturated carbocycles. The normalized spacial score (nSPS) is 14.0. The first-order valence-corrected chi connectivity index (χ1v) is 11.4. The van der Waals surface area contributed by atoms with E-state index in [1.165, 1.54) is 18.9 Å². The van der Waals surface area contributed by atoms with Crippen LogP contribution in [0.15, 0.2) is 48.5 Å². The molecular formula is C26H32N2O5. The number of hydrogen-bond donors (Lipinski definition) is 2. The van der Waals surface area contributed by atoms with Crippen molar-refractivity contribution in [2.24, 2.45) is 0 Å². The van der Waals surface area contributed by atoms with Crippen LogP contribution in [-0.4, -0.2) is 53.7 Å². The van der Waals surface area contributed by atoms with Crippen molar-refractivity contribution < 1.29 is 24.2 Å². The van der Waals surface area contributed by atoms with E-state index in [1.54, 1.807) is 0 Å². The number of ether oxygens (including phenoxy) is 1. The second-order valence-corrected chi connectivity index (χ2v) is 8.53. The van der Waals surface area contributed by atoms with Gasteiger partial charge in [-0.3, -0.25) is 4.79 Å². The number of carboxylic acid groups (broad SMARTS) is 1. The van der Waals surface area contributed by atoms with Gasteiger partial charge in [-0.2, -0.15) is 0 Å². The van der Waals surface area contributed by atoms with E-state index in [1.807, 2.05) is 31.2 Å². The third kappa shape index (κ3) is 5.72. The van der Waals surface area contributed by atoms with E-state index in [4.69, 9.17) is 9.84 Å². The van der Waals surface area contributed by atoms with Crippen molar-refractivity contribution in [1.82, 2.24) is 10.2 Å². The van der Waals surface area contributed by atoms with Crippen LogP contribution in [0.25, 0.3) is 11.1 Å². The third-order valence-corrected chi connectivity index (χ3v) is 6.32. The summed E-state index contributed by atoms with van der Waals surface area (Å²) in [4.78, 5) is 37.6. The lowest BCUT2D eigenvalue weighted by Crippen LogP contribution is -2.44. The van der Waals surface area contributed by atoms with Crippen LogP contribution < -0.4 is 5.32 Å². The minimum Gasteiger partial charge on any atom is -0.480 e. The summed E-state index contributed by atoms with van der Waals surface area (Å²) >= 11 is 0. The molecule has 0 radical (unpaired) electrons. The Hall–Kier alpha value is -3.35. The Kier molecular flexibility index (Phi) is 8.09. The number of carbonyl (C=O) groups excluding carboxylic acids is 2. The number of hydrogen-bond acceptors (Lipinski definition) is 4. The maximum absolute atomic E-state index is 12.6. The Labute approximate surface area is 194 Å². The first kappa shape index (κ1) is 24.3. The minimum atomic E-state index is -1.07. The predicted octanol–water partition coefficient (Wildman–Crippen LogP) is 4.41. The maximum Gasteiger partial charge on any atom is 0.407 e. The molecular weight excluding hydrogens is 420 g/mol. The zero-order chi connectivity index (χ0) is 24.0. The monoisotopic (exact) mass is 452 g/mol. The number of unbranched alkanes of at least 4 members (excludes halogenated alkanes) is 1. The average molecular weight is 453 g/mol. The van der Waals surface area contributed by atoms with E-state index in [0.717, 1.165) is 35.1 Å². The number of alkyl carbamates (subject to hydrolysis) is 1. The fourth-order valence-corrected chi connectivity index (χ4v) is 4.22. The molecule has 176 valence electrons. The van der Waals surface area contributed by atoms with Crippen LogP contribution in [0.1, 0.15) is 56.6 Å². The van der Waals surface area contributed by atoms with E-state index < -0.39 is 24.1 Å². The number of aliphatic carboxylic acids is 1. The van der Waals surface area contributed by atoms with E-state index in [9.17, 15) is 14.4 Å². The zero-order valence-corrected chi connectivity index (χ0v) is 19.4. The van der Waals surface area contributed by atoms with Crippen LogP contribution >= 0.6 is 0 Å².